The molecule has 2 N–H and O–H groups in total. The fraction of sp³-hybridized carbons (Fsp3) is 0.393. The molecule has 1 saturated heterocycles. The van der Waals surface area contributed by atoms with Gasteiger partial charge in [-0.05, 0) is 92.5 Å². The molecule has 1 aromatic heterocycles. The number of methoxy groups -OCH3 is 1. The number of aromatic carboxylic acids is 1. The minimum atomic E-state index is -1.54. The first-order chi connectivity index (χ1) is 16.7. The second-order valence-corrected chi connectivity index (χ2v) is 10.4. The van der Waals surface area contributed by atoms with Crippen molar-refractivity contribution < 1.29 is 23.4 Å². The van der Waals surface area contributed by atoms with Crippen LogP contribution in [0, 0.1) is 12.3 Å². The maximum Gasteiger partial charge on any atom is 0.335 e. The van der Waals surface area contributed by atoms with Crippen molar-refractivity contribution >= 4 is 16.9 Å². The van der Waals surface area contributed by atoms with Crippen LogP contribution in [0.3, 0.4) is 0 Å². The number of carbonyl (C=O) groups is 1. The molecule has 1 aliphatic heterocycles. The molecule has 5 nitrogen and oxygen atoms in total. The normalized spacial score (nSPS) is 24.5. The highest BCUT2D eigenvalue weighted by Crippen LogP contribution is 2.59. The number of likely N-dealkylation sites (tertiary alicyclic amines) is 1. The molecule has 1 spiro atoms. The molecule has 1 atom stereocenters. The van der Waals surface area contributed by atoms with Crippen LogP contribution in [0.2, 0.25) is 0 Å². The second kappa shape index (κ2) is 8.48. The van der Waals surface area contributed by atoms with Crippen molar-refractivity contribution in [2.24, 2.45) is 5.41 Å². The Hall–Kier alpha value is -3.19. The average Bonchev–Trinajstić information content (AvgIpc) is 3.31. The van der Waals surface area contributed by atoms with Gasteiger partial charge in [0.25, 0.3) is 6.08 Å². The molecule has 0 bridgehead atoms. The van der Waals surface area contributed by atoms with Crippen LogP contribution in [0.15, 0.2) is 54.2 Å². The topological polar surface area (TPSA) is 65.6 Å². The third-order valence-corrected chi connectivity index (χ3v) is 8.21. The van der Waals surface area contributed by atoms with Crippen molar-refractivity contribution in [3.63, 3.8) is 0 Å². The molecule has 2 heterocycles. The number of carboxylic acid groups (broad SMARTS) is 1. The number of piperidine rings is 1. The maximum absolute atomic E-state index is 13.2. The summed E-state index contributed by atoms with van der Waals surface area (Å²) in [6.07, 6.45) is 2.84. The average molecular weight is 481 g/mol. The summed E-state index contributed by atoms with van der Waals surface area (Å²) >= 11 is 0. The fourth-order valence-corrected chi connectivity index (χ4v) is 6.32. The number of aromatic nitrogens is 1. The molecule has 1 unspecified atom stereocenters. The summed E-state index contributed by atoms with van der Waals surface area (Å²) in [7, 11) is 1.68. The number of H-pyrrole nitrogens is 1. The number of allylic oxidation sites excluding steroid dienone is 1. The number of ether oxygens (including phenoxy) is 1. The van der Waals surface area contributed by atoms with E-state index in [1.807, 2.05) is 24.4 Å². The van der Waals surface area contributed by atoms with Gasteiger partial charge in [-0.3, -0.25) is 4.90 Å². The molecule has 1 aliphatic carbocycles. The first kappa shape index (κ1) is 23.5. The summed E-state index contributed by atoms with van der Waals surface area (Å²) in [6, 6.07) is 11.1. The van der Waals surface area contributed by atoms with Crippen molar-refractivity contribution in [1.82, 2.24) is 9.88 Å². The Kier molecular flexibility index (Phi) is 5.71. The standard InChI is InChI=1S/C28H30F2N2O3/c1-17-12-23(35-3)22(21-8-10-31-24(17)21)15-32-11-9-28(13-19(14-28)25(29)30)16-27(32,2)20-6-4-18(5-7-20)26(33)34/h4-8,10,12,31H,9,11,13-16H2,1-3H3,(H,33,34). The summed E-state index contributed by atoms with van der Waals surface area (Å²) in [5, 5.41) is 10.5. The lowest BCUT2D eigenvalue weighted by Gasteiger charge is -2.57. The molecule has 2 aromatic carbocycles. The molecule has 2 aliphatic rings. The number of hydrogen-bond acceptors (Lipinski definition) is 3. The van der Waals surface area contributed by atoms with Gasteiger partial charge < -0.3 is 14.8 Å². The van der Waals surface area contributed by atoms with E-state index in [0.29, 0.717) is 19.4 Å². The van der Waals surface area contributed by atoms with Crippen LogP contribution in [-0.2, 0) is 12.1 Å². The monoisotopic (exact) mass is 480 g/mol. The first-order valence-electron chi connectivity index (χ1n) is 11.9. The van der Waals surface area contributed by atoms with E-state index >= 15 is 0 Å². The van der Waals surface area contributed by atoms with Crippen LogP contribution < -0.4 is 4.74 Å². The number of halogens is 2. The van der Waals surface area contributed by atoms with E-state index in [1.165, 1.54) is 0 Å². The van der Waals surface area contributed by atoms with E-state index in [2.05, 4.69) is 29.8 Å². The number of aryl methyl sites for hydroxylation is 1. The zero-order valence-corrected chi connectivity index (χ0v) is 20.3. The molecular formula is C28H30F2N2O3. The zero-order valence-electron chi connectivity index (χ0n) is 20.3. The van der Waals surface area contributed by atoms with Gasteiger partial charge in [0.05, 0.1) is 12.7 Å². The SMILES string of the molecule is COc1cc(C)c2[nH]ccc2c1CN1CCC2(CC(=C(F)F)C2)CC1(C)c1ccc(C(=O)O)cc1. The minimum absolute atomic E-state index is 0.156. The highest BCUT2D eigenvalue weighted by Gasteiger charge is 2.52. The Morgan fingerprint density at radius 3 is 2.54 bits per heavy atom. The Morgan fingerprint density at radius 1 is 1.20 bits per heavy atom. The smallest absolute Gasteiger partial charge is 0.335 e. The van der Waals surface area contributed by atoms with Crippen molar-refractivity contribution in [2.45, 2.75) is 51.6 Å². The van der Waals surface area contributed by atoms with Gasteiger partial charge >= 0.3 is 5.97 Å². The van der Waals surface area contributed by atoms with Gasteiger partial charge in [-0.15, -0.1) is 0 Å². The molecule has 0 amide bonds. The number of benzene rings is 2. The van der Waals surface area contributed by atoms with Gasteiger partial charge in [-0.25, -0.2) is 4.79 Å². The highest BCUT2D eigenvalue weighted by molar-refractivity contribution is 5.88. The number of nitrogens with zero attached hydrogens (tertiary/aromatic N) is 1. The maximum atomic E-state index is 13.2. The van der Waals surface area contributed by atoms with Crippen molar-refractivity contribution in [1.29, 1.82) is 0 Å². The largest absolute Gasteiger partial charge is 0.496 e. The highest BCUT2D eigenvalue weighted by atomic mass is 19.3. The summed E-state index contributed by atoms with van der Waals surface area (Å²) in [5.74, 6) is -0.142. The van der Waals surface area contributed by atoms with Crippen LogP contribution in [0.1, 0.15) is 59.7 Å². The Labute approximate surface area is 203 Å². The van der Waals surface area contributed by atoms with Gasteiger partial charge in [0.15, 0.2) is 0 Å². The lowest BCUT2D eigenvalue weighted by molar-refractivity contribution is -0.0438. The molecule has 2 fully saturated rings. The van der Waals surface area contributed by atoms with Crippen molar-refractivity contribution in [2.75, 3.05) is 13.7 Å². The molecule has 3 aromatic rings. The molecule has 184 valence electrons. The summed E-state index contributed by atoms with van der Waals surface area (Å²) < 4.78 is 32.3. The number of nitrogens with one attached hydrogen (secondary N) is 1. The first-order valence-corrected chi connectivity index (χ1v) is 11.9. The second-order valence-electron chi connectivity index (χ2n) is 10.4. The van der Waals surface area contributed by atoms with E-state index in [0.717, 1.165) is 52.7 Å². The van der Waals surface area contributed by atoms with Gasteiger partial charge in [0.2, 0.25) is 0 Å². The summed E-state index contributed by atoms with van der Waals surface area (Å²) in [6.45, 7) is 5.59. The molecule has 35 heavy (non-hydrogen) atoms. The number of rotatable bonds is 5. The van der Waals surface area contributed by atoms with E-state index in [9.17, 15) is 18.7 Å². The molecule has 7 heteroatoms. The predicted octanol–water partition coefficient (Wildman–Crippen LogP) is 6.63. The van der Waals surface area contributed by atoms with E-state index in [1.54, 1.807) is 19.2 Å². The number of carboxylic acids is 1. The Bertz CT molecular complexity index is 1320. The van der Waals surface area contributed by atoms with Crippen LogP contribution in [0.5, 0.6) is 5.75 Å². The third-order valence-electron chi connectivity index (χ3n) is 8.21. The molecule has 1 saturated carbocycles. The van der Waals surface area contributed by atoms with Crippen molar-refractivity contribution in [3.05, 3.63) is 76.5 Å². The van der Waals surface area contributed by atoms with Gasteiger partial charge in [0, 0.05) is 34.7 Å². The lowest BCUT2D eigenvalue weighted by atomic mass is 9.56. The van der Waals surface area contributed by atoms with E-state index in [-0.39, 0.29) is 16.6 Å². The summed E-state index contributed by atoms with van der Waals surface area (Å²) in [4.78, 5) is 17.2. The molecule has 5 rings (SSSR count). The van der Waals surface area contributed by atoms with Crippen molar-refractivity contribution in [3.8, 4) is 5.75 Å². The van der Waals surface area contributed by atoms with E-state index in [4.69, 9.17) is 4.74 Å². The Balaban J connectivity index is 1.55. The van der Waals surface area contributed by atoms with Crippen LogP contribution >= 0.6 is 0 Å². The Morgan fingerprint density at radius 2 is 1.91 bits per heavy atom. The zero-order chi connectivity index (χ0) is 25.0. The minimum Gasteiger partial charge on any atom is -0.496 e. The number of hydrogen-bond donors (Lipinski definition) is 2. The molecule has 0 radical (unpaired) electrons. The van der Waals surface area contributed by atoms with Gasteiger partial charge in [0.1, 0.15) is 5.75 Å². The number of aromatic amines is 1. The van der Waals surface area contributed by atoms with Crippen LogP contribution in [0.4, 0.5) is 8.78 Å². The number of fused-ring (bicyclic) bond motifs is 1. The molecular weight excluding hydrogens is 450 g/mol. The summed E-state index contributed by atoms with van der Waals surface area (Å²) in [5.41, 5.74) is 4.17. The lowest BCUT2D eigenvalue weighted by Crippen LogP contribution is -2.55. The van der Waals surface area contributed by atoms with Gasteiger partial charge in [-0.2, -0.15) is 8.78 Å². The fourth-order valence-electron chi connectivity index (χ4n) is 6.32. The van der Waals surface area contributed by atoms with Crippen LogP contribution in [0.25, 0.3) is 10.9 Å². The predicted molar refractivity (Wildman–Crippen MR) is 131 cm³/mol. The van der Waals surface area contributed by atoms with Gasteiger partial charge in [-0.1, -0.05) is 12.1 Å². The quantitative estimate of drug-likeness (QED) is 0.430. The van der Waals surface area contributed by atoms with Crippen LogP contribution in [-0.4, -0.2) is 34.6 Å². The van der Waals surface area contributed by atoms with E-state index < -0.39 is 17.6 Å². The third kappa shape index (κ3) is 3.92.